The summed E-state index contributed by atoms with van der Waals surface area (Å²) in [6.45, 7) is 2.26. The van der Waals surface area contributed by atoms with E-state index in [0.29, 0.717) is 0 Å². The second kappa shape index (κ2) is 10.2. The molecular weight excluding hydrogens is 506 g/mol. The molecule has 0 aliphatic heterocycles. The molecule has 1 nitrogen and oxygen atoms in total. The fraction of sp³-hybridized carbons (Fsp3) is 0.122. The molecule has 0 radical (unpaired) electrons. The monoisotopic (exact) mass is 539 g/mol. The van der Waals surface area contributed by atoms with Crippen LogP contribution in [-0.4, -0.2) is 0 Å². The molecule has 7 aromatic carbocycles. The van der Waals surface area contributed by atoms with Crippen LogP contribution in [0.4, 0.5) is 17.1 Å². The maximum atomic E-state index is 2.45. The highest BCUT2D eigenvalue weighted by Crippen LogP contribution is 2.41. The Kier molecular flexibility index (Phi) is 6.04. The molecule has 0 bridgehead atoms. The van der Waals surface area contributed by atoms with Crippen molar-refractivity contribution in [2.75, 3.05) is 4.90 Å². The number of rotatable bonds is 4. The first-order chi connectivity index (χ1) is 20.7. The van der Waals surface area contributed by atoms with E-state index in [9.17, 15) is 0 Å². The van der Waals surface area contributed by atoms with Gasteiger partial charge in [-0.2, -0.15) is 0 Å². The minimum atomic E-state index is 1.18. The van der Waals surface area contributed by atoms with E-state index in [0.717, 1.165) is 0 Å². The number of fused-ring (bicyclic) bond motifs is 7. The molecule has 8 rings (SSSR count). The van der Waals surface area contributed by atoms with Crippen molar-refractivity contribution in [2.24, 2.45) is 0 Å². The molecule has 0 spiro atoms. The van der Waals surface area contributed by atoms with E-state index in [1.165, 1.54) is 103 Å². The predicted octanol–water partition coefficient (Wildman–Crippen LogP) is 11.5. The van der Waals surface area contributed by atoms with E-state index in [-0.39, 0.29) is 0 Å². The van der Waals surface area contributed by atoms with Gasteiger partial charge in [-0.3, -0.25) is 0 Å². The van der Waals surface area contributed by atoms with Crippen LogP contribution in [0.25, 0.3) is 43.4 Å². The summed E-state index contributed by atoms with van der Waals surface area (Å²) >= 11 is 0. The van der Waals surface area contributed by atoms with E-state index < -0.39 is 0 Å². The van der Waals surface area contributed by atoms with Crippen molar-refractivity contribution < 1.29 is 0 Å². The van der Waals surface area contributed by atoms with E-state index in [4.69, 9.17) is 0 Å². The van der Waals surface area contributed by atoms with Gasteiger partial charge in [-0.25, -0.2) is 0 Å². The molecule has 1 aliphatic rings. The zero-order valence-corrected chi connectivity index (χ0v) is 24.0. The van der Waals surface area contributed by atoms with Crippen molar-refractivity contribution in [1.82, 2.24) is 0 Å². The molecule has 0 amide bonds. The Balaban J connectivity index is 1.24. The Bertz CT molecular complexity index is 2050. The molecule has 0 unspecified atom stereocenters. The maximum absolute atomic E-state index is 2.45. The number of para-hydroxylation sites is 1. The molecule has 42 heavy (non-hydrogen) atoms. The summed E-state index contributed by atoms with van der Waals surface area (Å²) in [5.41, 5.74) is 10.5. The second-order valence-electron chi connectivity index (χ2n) is 11.7. The van der Waals surface area contributed by atoms with Crippen LogP contribution in [0.1, 0.15) is 29.5 Å². The lowest BCUT2D eigenvalue weighted by atomic mass is 9.89. The summed E-state index contributed by atoms with van der Waals surface area (Å²) in [6.07, 6.45) is 4.96. The summed E-state index contributed by atoms with van der Waals surface area (Å²) < 4.78 is 0. The Hall–Kier alpha value is -4.88. The molecule has 0 N–H and O–H groups in total. The van der Waals surface area contributed by atoms with Gasteiger partial charge in [0.25, 0.3) is 0 Å². The molecule has 0 fully saturated rings. The molecule has 0 heterocycles. The lowest BCUT2D eigenvalue weighted by molar-refractivity contribution is 0.685. The van der Waals surface area contributed by atoms with Crippen molar-refractivity contribution in [3.8, 4) is 11.1 Å². The number of hydrogen-bond donors (Lipinski definition) is 0. The molecule has 202 valence electrons. The summed E-state index contributed by atoms with van der Waals surface area (Å²) in [5.74, 6) is 0. The van der Waals surface area contributed by atoms with Crippen LogP contribution in [0.5, 0.6) is 0 Å². The summed E-state index contributed by atoms with van der Waals surface area (Å²) in [4.78, 5) is 2.42. The fourth-order valence-corrected chi connectivity index (χ4v) is 7.03. The number of hydrogen-bond acceptors (Lipinski definition) is 1. The molecule has 7 aromatic rings. The minimum Gasteiger partial charge on any atom is -0.310 e. The van der Waals surface area contributed by atoms with Crippen LogP contribution < -0.4 is 4.90 Å². The minimum absolute atomic E-state index is 1.18. The normalized spacial score (nSPS) is 13.0. The van der Waals surface area contributed by atoms with Gasteiger partial charge in [-0.05, 0) is 129 Å². The molecule has 0 atom stereocenters. The van der Waals surface area contributed by atoms with Crippen molar-refractivity contribution in [3.05, 3.63) is 150 Å². The Morgan fingerprint density at radius 1 is 0.429 bits per heavy atom. The fourth-order valence-electron chi connectivity index (χ4n) is 7.03. The van der Waals surface area contributed by atoms with Crippen molar-refractivity contribution in [3.63, 3.8) is 0 Å². The average molecular weight is 540 g/mol. The van der Waals surface area contributed by atoms with Gasteiger partial charge in [0.1, 0.15) is 0 Å². The average Bonchev–Trinajstić information content (AvgIpc) is 3.06. The van der Waals surface area contributed by atoms with Gasteiger partial charge in [-0.15, -0.1) is 0 Å². The standard InChI is InChI=1S/C41H33N/c1-28-25-30-11-5-6-12-31(30)27-41(28)42(33-13-3-2-4-14-33)34-22-19-29(20-23-34)32-21-24-39-37-17-8-7-15-35(37)36-16-9-10-18-38(36)40(39)26-32/h2-4,7-10,13-27H,5-6,11-12H2,1H3. The van der Waals surface area contributed by atoms with Crippen LogP contribution in [0, 0.1) is 6.92 Å². The van der Waals surface area contributed by atoms with Crippen molar-refractivity contribution >= 4 is 49.4 Å². The Labute approximate surface area is 247 Å². The molecule has 0 aromatic heterocycles. The molecular formula is C41H33N. The van der Waals surface area contributed by atoms with Crippen molar-refractivity contribution in [2.45, 2.75) is 32.6 Å². The number of nitrogens with zero attached hydrogens (tertiary/aromatic N) is 1. The topological polar surface area (TPSA) is 3.24 Å². The third-order valence-corrected chi connectivity index (χ3v) is 9.12. The first-order valence-corrected chi connectivity index (χ1v) is 15.2. The summed E-state index contributed by atoms with van der Waals surface area (Å²) in [7, 11) is 0. The van der Waals surface area contributed by atoms with Gasteiger partial charge in [0.2, 0.25) is 0 Å². The van der Waals surface area contributed by atoms with E-state index in [1.807, 2.05) is 0 Å². The maximum Gasteiger partial charge on any atom is 0.0493 e. The highest BCUT2D eigenvalue weighted by atomic mass is 15.1. The smallest absolute Gasteiger partial charge is 0.0493 e. The predicted molar refractivity (Wildman–Crippen MR) is 180 cm³/mol. The third-order valence-electron chi connectivity index (χ3n) is 9.12. The van der Waals surface area contributed by atoms with Gasteiger partial charge >= 0.3 is 0 Å². The Morgan fingerprint density at radius 3 is 1.57 bits per heavy atom. The largest absolute Gasteiger partial charge is 0.310 e. The number of aryl methyl sites for hydroxylation is 3. The second-order valence-corrected chi connectivity index (χ2v) is 11.7. The summed E-state index contributed by atoms with van der Waals surface area (Å²) in [6, 6.07) is 49.3. The highest BCUT2D eigenvalue weighted by Gasteiger charge is 2.19. The Morgan fingerprint density at radius 2 is 0.929 bits per heavy atom. The lowest BCUT2D eigenvalue weighted by Gasteiger charge is -2.29. The molecule has 1 heteroatoms. The van der Waals surface area contributed by atoms with Crippen LogP contribution in [0.2, 0.25) is 0 Å². The number of benzene rings is 7. The van der Waals surface area contributed by atoms with E-state index in [1.54, 1.807) is 0 Å². The van der Waals surface area contributed by atoms with Gasteiger partial charge in [0, 0.05) is 17.1 Å². The first-order valence-electron chi connectivity index (χ1n) is 15.2. The first kappa shape index (κ1) is 24.9. The van der Waals surface area contributed by atoms with Gasteiger partial charge in [0.15, 0.2) is 0 Å². The van der Waals surface area contributed by atoms with Gasteiger partial charge in [0.05, 0.1) is 0 Å². The van der Waals surface area contributed by atoms with Gasteiger partial charge in [-0.1, -0.05) is 97.1 Å². The molecule has 0 saturated carbocycles. The quantitative estimate of drug-likeness (QED) is 0.201. The lowest BCUT2D eigenvalue weighted by Crippen LogP contribution is -2.13. The molecule has 0 saturated heterocycles. The van der Waals surface area contributed by atoms with E-state index >= 15 is 0 Å². The number of anilines is 3. The van der Waals surface area contributed by atoms with Gasteiger partial charge < -0.3 is 4.90 Å². The van der Waals surface area contributed by atoms with Crippen LogP contribution in [0.15, 0.2) is 133 Å². The zero-order chi connectivity index (χ0) is 28.0. The SMILES string of the molecule is Cc1cc2c(cc1N(c1ccccc1)c1ccc(-c3ccc4c5ccccc5c5ccccc5c4c3)cc1)CCCC2. The van der Waals surface area contributed by atoms with Crippen LogP contribution >= 0.6 is 0 Å². The zero-order valence-electron chi connectivity index (χ0n) is 24.0. The van der Waals surface area contributed by atoms with Crippen molar-refractivity contribution in [1.29, 1.82) is 0 Å². The third kappa shape index (κ3) is 4.16. The summed E-state index contributed by atoms with van der Waals surface area (Å²) in [5, 5.41) is 7.86. The highest BCUT2D eigenvalue weighted by molar-refractivity contribution is 6.25. The van der Waals surface area contributed by atoms with Crippen LogP contribution in [-0.2, 0) is 12.8 Å². The van der Waals surface area contributed by atoms with E-state index in [2.05, 4.69) is 145 Å². The van der Waals surface area contributed by atoms with Crippen LogP contribution in [0.3, 0.4) is 0 Å². The molecule has 1 aliphatic carbocycles.